The van der Waals surface area contributed by atoms with Crippen LogP contribution < -0.4 is 0 Å². The van der Waals surface area contributed by atoms with Gasteiger partial charge in [0.25, 0.3) is 5.91 Å². The molecule has 1 rings (SSSR count). The smallest absolute Gasteiger partial charge is 0.269 e. The van der Waals surface area contributed by atoms with Gasteiger partial charge in [0.05, 0.1) is 0 Å². The molecule has 0 spiro atoms. The van der Waals surface area contributed by atoms with Crippen LogP contribution in [0.15, 0.2) is 11.3 Å². The van der Waals surface area contributed by atoms with Crippen molar-refractivity contribution in [2.45, 2.75) is 40.2 Å². The highest BCUT2D eigenvalue weighted by Crippen LogP contribution is 2.19. The van der Waals surface area contributed by atoms with Gasteiger partial charge in [-0.2, -0.15) is 0 Å². The SMILES string of the molecule is CC(C)=C1C(=O)N(C)CCCN1C(C)C. The summed E-state index contributed by atoms with van der Waals surface area (Å²) < 4.78 is 0. The summed E-state index contributed by atoms with van der Waals surface area (Å²) in [5.74, 6) is 0.168. The van der Waals surface area contributed by atoms with E-state index in [0.717, 1.165) is 30.8 Å². The first-order chi connectivity index (χ1) is 6.95. The number of likely N-dealkylation sites (N-methyl/N-ethyl adjacent to an activating group) is 1. The molecule has 0 aliphatic carbocycles. The first-order valence-corrected chi connectivity index (χ1v) is 5.64. The minimum atomic E-state index is 0.168. The maximum atomic E-state index is 12.1. The Morgan fingerprint density at radius 1 is 1.27 bits per heavy atom. The number of hydrogen-bond donors (Lipinski definition) is 0. The van der Waals surface area contributed by atoms with Crippen LogP contribution in [0.1, 0.15) is 34.1 Å². The number of carbonyl (C=O) groups excluding carboxylic acids is 1. The minimum Gasteiger partial charge on any atom is -0.365 e. The molecular formula is C12H22N2O. The lowest BCUT2D eigenvalue weighted by molar-refractivity contribution is -0.126. The van der Waals surface area contributed by atoms with Crippen molar-refractivity contribution in [3.63, 3.8) is 0 Å². The lowest BCUT2D eigenvalue weighted by atomic mass is 10.2. The molecule has 3 nitrogen and oxygen atoms in total. The van der Waals surface area contributed by atoms with Crippen LogP contribution in [0.3, 0.4) is 0 Å². The molecule has 0 radical (unpaired) electrons. The van der Waals surface area contributed by atoms with Crippen LogP contribution in [0.5, 0.6) is 0 Å². The standard InChI is InChI=1S/C12H22N2O/c1-9(2)11-12(15)13(5)7-6-8-14(11)10(3)4/h10H,6-8H2,1-5H3. The molecule has 0 aromatic heterocycles. The molecule has 1 aliphatic heterocycles. The van der Waals surface area contributed by atoms with Gasteiger partial charge in [0.2, 0.25) is 0 Å². The molecule has 0 aromatic carbocycles. The zero-order chi connectivity index (χ0) is 11.6. The molecule has 1 saturated heterocycles. The highest BCUT2D eigenvalue weighted by Gasteiger charge is 2.26. The van der Waals surface area contributed by atoms with Gasteiger partial charge in [-0.3, -0.25) is 4.79 Å². The summed E-state index contributed by atoms with van der Waals surface area (Å²) in [5.41, 5.74) is 2.01. The van der Waals surface area contributed by atoms with Crippen LogP contribution in [0.25, 0.3) is 0 Å². The van der Waals surface area contributed by atoms with E-state index in [9.17, 15) is 4.79 Å². The van der Waals surface area contributed by atoms with Crippen molar-refractivity contribution in [2.75, 3.05) is 20.1 Å². The summed E-state index contributed by atoms with van der Waals surface area (Å²) in [6, 6.07) is 0.394. The second kappa shape index (κ2) is 4.69. The Hall–Kier alpha value is -0.990. The summed E-state index contributed by atoms with van der Waals surface area (Å²) in [7, 11) is 1.88. The van der Waals surface area contributed by atoms with E-state index in [2.05, 4.69) is 18.7 Å². The Bertz CT molecular complexity index is 277. The largest absolute Gasteiger partial charge is 0.365 e. The Morgan fingerprint density at radius 3 is 2.33 bits per heavy atom. The third-order valence-corrected chi connectivity index (χ3v) is 2.83. The predicted molar refractivity (Wildman–Crippen MR) is 62.5 cm³/mol. The van der Waals surface area contributed by atoms with Gasteiger partial charge < -0.3 is 9.80 Å². The topological polar surface area (TPSA) is 23.6 Å². The highest BCUT2D eigenvalue weighted by atomic mass is 16.2. The summed E-state index contributed by atoms with van der Waals surface area (Å²) in [6.07, 6.45) is 1.05. The Labute approximate surface area is 92.7 Å². The average molecular weight is 210 g/mol. The van der Waals surface area contributed by atoms with Gasteiger partial charge in [-0.1, -0.05) is 0 Å². The molecule has 0 N–H and O–H groups in total. The second-order valence-electron chi connectivity index (χ2n) is 4.72. The van der Waals surface area contributed by atoms with E-state index in [1.807, 2.05) is 25.8 Å². The second-order valence-corrected chi connectivity index (χ2v) is 4.72. The zero-order valence-corrected chi connectivity index (χ0v) is 10.5. The van der Waals surface area contributed by atoms with Crippen molar-refractivity contribution < 1.29 is 4.79 Å². The fourth-order valence-corrected chi connectivity index (χ4v) is 2.01. The number of hydrogen-bond acceptors (Lipinski definition) is 2. The molecule has 0 saturated carbocycles. The average Bonchev–Trinajstić information content (AvgIpc) is 2.27. The van der Waals surface area contributed by atoms with Crippen molar-refractivity contribution in [1.82, 2.24) is 9.80 Å². The lowest BCUT2D eigenvalue weighted by Crippen LogP contribution is -2.36. The molecular weight excluding hydrogens is 188 g/mol. The van der Waals surface area contributed by atoms with Crippen molar-refractivity contribution in [1.29, 1.82) is 0 Å². The number of rotatable bonds is 1. The maximum absolute atomic E-state index is 12.1. The van der Waals surface area contributed by atoms with Gasteiger partial charge in [0.15, 0.2) is 0 Å². The summed E-state index contributed by atoms with van der Waals surface area (Å²) in [5, 5.41) is 0. The normalized spacial score (nSPS) is 18.5. The number of amides is 1. The number of nitrogens with zero attached hydrogens (tertiary/aromatic N) is 2. The Kier molecular flexibility index (Phi) is 3.77. The summed E-state index contributed by atoms with van der Waals surface area (Å²) >= 11 is 0. The molecule has 0 unspecified atom stereocenters. The maximum Gasteiger partial charge on any atom is 0.269 e. The van der Waals surface area contributed by atoms with E-state index < -0.39 is 0 Å². The van der Waals surface area contributed by atoms with E-state index in [-0.39, 0.29) is 5.91 Å². The molecule has 15 heavy (non-hydrogen) atoms. The minimum absolute atomic E-state index is 0.168. The molecule has 1 aliphatic rings. The van der Waals surface area contributed by atoms with Gasteiger partial charge in [-0.05, 0) is 39.7 Å². The number of carbonyl (C=O) groups is 1. The summed E-state index contributed by atoms with van der Waals surface area (Å²) in [4.78, 5) is 16.2. The van der Waals surface area contributed by atoms with Gasteiger partial charge in [-0.25, -0.2) is 0 Å². The zero-order valence-electron chi connectivity index (χ0n) is 10.5. The van der Waals surface area contributed by atoms with Crippen molar-refractivity contribution in [2.24, 2.45) is 0 Å². The fraction of sp³-hybridized carbons (Fsp3) is 0.750. The fourth-order valence-electron chi connectivity index (χ4n) is 2.01. The molecule has 1 heterocycles. The molecule has 86 valence electrons. The third-order valence-electron chi connectivity index (χ3n) is 2.83. The van der Waals surface area contributed by atoms with Crippen molar-refractivity contribution in [3.8, 4) is 0 Å². The molecule has 3 heteroatoms. The van der Waals surface area contributed by atoms with Crippen molar-refractivity contribution >= 4 is 5.91 Å². The van der Waals surface area contributed by atoms with Crippen LogP contribution >= 0.6 is 0 Å². The van der Waals surface area contributed by atoms with E-state index in [1.54, 1.807) is 0 Å². The van der Waals surface area contributed by atoms with Gasteiger partial charge >= 0.3 is 0 Å². The third kappa shape index (κ3) is 2.52. The summed E-state index contributed by atoms with van der Waals surface area (Å²) in [6.45, 7) is 10.2. The van der Waals surface area contributed by atoms with Crippen LogP contribution in [-0.2, 0) is 4.79 Å². The van der Waals surface area contributed by atoms with Crippen molar-refractivity contribution in [3.05, 3.63) is 11.3 Å². The van der Waals surface area contributed by atoms with Crippen LogP contribution in [0.4, 0.5) is 0 Å². The van der Waals surface area contributed by atoms with E-state index in [0.29, 0.717) is 6.04 Å². The Morgan fingerprint density at radius 2 is 1.87 bits per heavy atom. The van der Waals surface area contributed by atoms with E-state index in [1.165, 1.54) is 0 Å². The molecule has 1 amide bonds. The Balaban J connectivity index is 3.08. The van der Waals surface area contributed by atoms with E-state index >= 15 is 0 Å². The van der Waals surface area contributed by atoms with Crippen LogP contribution in [-0.4, -0.2) is 41.9 Å². The van der Waals surface area contributed by atoms with Gasteiger partial charge in [0.1, 0.15) is 5.70 Å². The first kappa shape index (κ1) is 12.1. The van der Waals surface area contributed by atoms with Crippen LogP contribution in [0.2, 0.25) is 0 Å². The van der Waals surface area contributed by atoms with E-state index in [4.69, 9.17) is 0 Å². The predicted octanol–water partition coefficient (Wildman–Crippen LogP) is 1.85. The quantitative estimate of drug-likeness (QED) is 0.617. The van der Waals surface area contributed by atoms with Gasteiger partial charge in [0, 0.05) is 26.2 Å². The highest BCUT2D eigenvalue weighted by molar-refractivity contribution is 5.93. The first-order valence-electron chi connectivity index (χ1n) is 5.64. The lowest BCUT2D eigenvalue weighted by Gasteiger charge is -2.30. The molecule has 0 aromatic rings. The van der Waals surface area contributed by atoms with Crippen LogP contribution in [0, 0.1) is 0 Å². The molecule has 0 atom stereocenters. The monoisotopic (exact) mass is 210 g/mol. The molecule has 1 fully saturated rings. The number of allylic oxidation sites excluding steroid dienone is 1. The molecule has 0 bridgehead atoms. The van der Waals surface area contributed by atoms with Gasteiger partial charge in [-0.15, -0.1) is 0 Å².